The molecule has 0 aliphatic rings. The van der Waals surface area contributed by atoms with Gasteiger partial charge in [-0.3, -0.25) is 19.5 Å². The Balaban J connectivity index is 1.45. The molecule has 0 saturated heterocycles. The number of hydrogen-bond donors (Lipinski definition) is 1. The van der Waals surface area contributed by atoms with E-state index < -0.39 is 17.6 Å². The molecule has 5 aromatic rings. The number of imidazole rings is 1. The molecule has 0 radical (unpaired) electrons. The van der Waals surface area contributed by atoms with E-state index in [0.29, 0.717) is 17.2 Å². The van der Waals surface area contributed by atoms with Crippen LogP contribution in [0.3, 0.4) is 0 Å². The number of methoxy groups -OCH3 is 2. The normalized spacial score (nSPS) is 10.6. The van der Waals surface area contributed by atoms with Crippen molar-refractivity contribution in [2.75, 3.05) is 26.1 Å². The summed E-state index contributed by atoms with van der Waals surface area (Å²) < 4.78 is 26.8. The first kappa shape index (κ1) is 28.1. The molecule has 0 bridgehead atoms. The van der Waals surface area contributed by atoms with Gasteiger partial charge >= 0.3 is 0 Å². The van der Waals surface area contributed by atoms with Crippen LogP contribution in [0.5, 0.6) is 11.5 Å². The molecular weight excluding hydrogens is 535 g/mol. The minimum Gasteiger partial charge on any atom is -0.497 e. The van der Waals surface area contributed by atoms with Crippen molar-refractivity contribution in [1.82, 2.24) is 14.5 Å². The largest absolute Gasteiger partial charge is 0.497 e. The number of anilines is 1. The molecule has 1 heterocycles. The van der Waals surface area contributed by atoms with Gasteiger partial charge in [0.15, 0.2) is 0 Å². The molecule has 0 unspecified atom stereocenters. The number of amides is 2. The van der Waals surface area contributed by atoms with Crippen LogP contribution < -0.4 is 14.8 Å². The first-order valence-corrected chi connectivity index (χ1v) is 13.2. The number of nitrogens with zero attached hydrogens (tertiary/aromatic N) is 3. The second-order valence-corrected chi connectivity index (χ2v) is 9.42. The summed E-state index contributed by atoms with van der Waals surface area (Å²) in [7, 11) is 3.18. The van der Waals surface area contributed by atoms with Crippen molar-refractivity contribution in [1.29, 1.82) is 0 Å². The molecule has 5 rings (SSSR count). The highest BCUT2D eigenvalue weighted by Gasteiger charge is 2.23. The predicted octanol–water partition coefficient (Wildman–Crippen LogP) is 5.98. The third-order valence-electron chi connectivity index (χ3n) is 6.64. The molecule has 0 atom stereocenters. The van der Waals surface area contributed by atoms with Crippen molar-refractivity contribution in [2.45, 2.75) is 6.54 Å². The molecule has 9 heteroatoms. The average molecular weight is 565 g/mol. The topological polar surface area (TPSA) is 85.7 Å². The van der Waals surface area contributed by atoms with Gasteiger partial charge in [0.05, 0.1) is 25.5 Å². The Kier molecular flexibility index (Phi) is 8.58. The summed E-state index contributed by atoms with van der Waals surface area (Å²) in [4.78, 5) is 32.9. The molecule has 1 aromatic heterocycles. The first-order valence-electron chi connectivity index (χ1n) is 13.2. The van der Waals surface area contributed by atoms with E-state index >= 15 is 0 Å². The number of benzene rings is 4. The van der Waals surface area contributed by atoms with Gasteiger partial charge in [-0.25, -0.2) is 9.37 Å². The summed E-state index contributed by atoms with van der Waals surface area (Å²) in [6.45, 7) is -0.207. The Morgan fingerprint density at radius 2 is 1.45 bits per heavy atom. The lowest BCUT2D eigenvalue weighted by Crippen LogP contribution is -2.38. The van der Waals surface area contributed by atoms with Crippen LogP contribution in [0.4, 0.5) is 10.3 Å². The van der Waals surface area contributed by atoms with E-state index in [1.54, 1.807) is 24.9 Å². The second kappa shape index (κ2) is 12.8. The van der Waals surface area contributed by atoms with E-state index in [9.17, 15) is 14.0 Å². The van der Waals surface area contributed by atoms with Gasteiger partial charge in [0.25, 0.3) is 5.91 Å². The fourth-order valence-corrected chi connectivity index (χ4v) is 4.45. The Bertz CT molecular complexity index is 1670. The van der Waals surface area contributed by atoms with Gasteiger partial charge in [-0.15, -0.1) is 0 Å². The maximum Gasteiger partial charge on any atom is 0.257 e. The minimum absolute atomic E-state index is 0.109. The molecule has 0 fully saturated rings. The summed E-state index contributed by atoms with van der Waals surface area (Å²) in [5.74, 6) is -0.0844. The van der Waals surface area contributed by atoms with Crippen LogP contribution in [0, 0.1) is 5.82 Å². The van der Waals surface area contributed by atoms with E-state index in [4.69, 9.17) is 14.5 Å². The van der Waals surface area contributed by atoms with Crippen molar-refractivity contribution in [3.05, 3.63) is 126 Å². The number of carbonyl (C=O) groups excluding carboxylic acids is 2. The van der Waals surface area contributed by atoms with Gasteiger partial charge in [-0.05, 0) is 66.2 Å². The summed E-state index contributed by atoms with van der Waals surface area (Å²) >= 11 is 0. The van der Waals surface area contributed by atoms with Crippen LogP contribution in [0.15, 0.2) is 109 Å². The van der Waals surface area contributed by atoms with Crippen molar-refractivity contribution in [3.8, 4) is 28.4 Å². The number of carbonyl (C=O) groups is 2. The predicted molar refractivity (Wildman–Crippen MR) is 158 cm³/mol. The van der Waals surface area contributed by atoms with E-state index in [-0.39, 0.29) is 24.6 Å². The number of hydrogen-bond acceptors (Lipinski definition) is 5. The maximum atomic E-state index is 14.6. The number of halogens is 1. The van der Waals surface area contributed by atoms with E-state index in [2.05, 4.69) is 5.32 Å². The number of ether oxygens (including phenoxy) is 2. The quantitative estimate of drug-likeness (QED) is 0.226. The van der Waals surface area contributed by atoms with Gasteiger partial charge in [0.1, 0.15) is 23.9 Å². The van der Waals surface area contributed by atoms with Crippen molar-refractivity contribution >= 4 is 17.8 Å². The molecular formula is C33H29FN4O4. The van der Waals surface area contributed by atoms with Crippen molar-refractivity contribution in [2.24, 2.45) is 0 Å². The lowest BCUT2D eigenvalue weighted by Gasteiger charge is -2.23. The maximum absolute atomic E-state index is 14.6. The molecule has 0 aliphatic carbocycles. The van der Waals surface area contributed by atoms with Gasteiger partial charge in [-0.2, -0.15) is 0 Å². The fraction of sp³-hybridized carbons (Fsp3) is 0.121. The van der Waals surface area contributed by atoms with Crippen molar-refractivity contribution < 1.29 is 23.5 Å². The lowest BCUT2D eigenvalue weighted by atomic mass is 10.1. The molecule has 212 valence electrons. The van der Waals surface area contributed by atoms with Gasteiger partial charge in [0, 0.05) is 24.0 Å². The Labute approximate surface area is 243 Å². The SMILES string of the molecule is COc1ccc(-c2cn(-c3ccc(OC)cc3)c(NC(=O)CN(Cc3ccccc3)C(=O)c3ccccc3F)n2)cc1. The zero-order valence-corrected chi connectivity index (χ0v) is 23.2. The third kappa shape index (κ3) is 6.47. The zero-order chi connectivity index (χ0) is 29.5. The molecule has 0 saturated carbocycles. The van der Waals surface area contributed by atoms with Crippen LogP contribution in [0.1, 0.15) is 15.9 Å². The Morgan fingerprint density at radius 3 is 2.10 bits per heavy atom. The first-order chi connectivity index (χ1) is 20.4. The number of rotatable bonds is 10. The smallest absolute Gasteiger partial charge is 0.257 e. The molecule has 2 amide bonds. The zero-order valence-electron chi connectivity index (χ0n) is 23.2. The third-order valence-corrected chi connectivity index (χ3v) is 6.64. The molecule has 0 spiro atoms. The average Bonchev–Trinajstić information content (AvgIpc) is 3.44. The van der Waals surface area contributed by atoms with Crippen LogP contribution in [-0.4, -0.2) is 47.0 Å². The van der Waals surface area contributed by atoms with E-state index in [0.717, 1.165) is 16.8 Å². The second-order valence-electron chi connectivity index (χ2n) is 9.42. The van der Waals surface area contributed by atoms with Crippen LogP contribution in [0.2, 0.25) is 0 Å². The molecule has 0 aliphatic heterocycles. The van der Waals surface area contributed by atoms with E-state index in [1.165, 1.54) is 23.1 Å². The van der Waals surface area contributed by atoms with E-state index in [1.807, 2.05) is 85.1 Å². The molecule has 8 nitrogen and oxygen atoms in total. The molecule has 4 aromatic carbocycles. The highest BCUT2D eigenvalue weighted by Crippen LogP contribution is 2.27. The number of nitrogens with one attached hydrogen (secondary N) is 1. The van der Waals surface area contributed by atoms with Crippen LogP contribution in [-0.2, 0) is 11.3 Å². The van der Waals surface area contributed by atoms with Gasteiger partial charge < -0.3 is 14.4 Å². The fourth-order valence-electron chi connectivity index (χ4n) is 4.45. The number of aromatic nitrogens is 2. The highest BCUT2D eigenvalue weighted by molar-refractivity contribution is 5.99. The lowest BCUT2D eigenvalue weighted by molar-refractivity contribution is -0.117. The van der Waals surface area contributed by atoms with Crippen molar-refractivity contribution in [3.63, 3.8) is 0 Å². The monoisotopic (exact) mass is 564 g/mol. The summed E-state index contributed by atoms with van der Waals surface area (Å²) in [5, 5.41) is 2.86. The van der Waals surface area contributed by atoms with Gasteiger partial charge in [0.2, 0.25) is 11.9 Å². The highest BCUT2D eigenvalue weighted by atomic mass is 19.1. The standard InChI is InChI=1S/C33H29FN4O4/c1-41-26-16-12-24(13-17-26)30-21-38(25-14-18-27(42-2)19-15-25)33(35-30)36-31(39)22-37(20-23-8-4-3-5-9-23)32(40)28-10-6-7-11-29(28)34/h3-19,21H,20,22H2,1-2H3,(H,35,36,39). The Morgan fingerprint density at radius 1 is 0.833 bits per heavy atom. The molecule has 1 N–H and O–H groups in total. The Hall–Kier alpha value is -5.44. The summed E-state index contributed by atoms with van der Waals surface area (Å²) in [6.07, 6.45) is 1.81. The summed E-state index contributed by atoms with van der Waals surface area (Å²) in [6, 6.07) is 29.7. The molecule has 42 heavy (non-hydrogen) atoms. The van der Waals surface area contributed by atoms with Crippen LogP contribution >= 0.6 is 0 Å². The van der Waals surface area contributed by atoms with Crippen LogP contribution in [0.25, 0.3) is 16.9 Å². The minimum atomic E-state index is -0.653. The van der Waals surface area contributed by atoms with Gasteiger partial charge in [-0.1, -0.05) is 42.5 Å². The summed E-state index contributed by atoms with van der Waals surface area (Å²) in [5.41, 5.74) is 2.87.